The van der Waals surface area contributed by atoms with Crippen molar-refractivity contribution in [1.29, 1.82) is 0 Å². The van der Waals surface area contributed by atoms with Crippen LogP contribution < -0.4 is 9.64 Å². The lowest BCUT2D eigenvalue weighted by Crippen LogP contribution is -2.25. The number of phenols is 1. The molecule has 0 saturated carbocycles. The average molecular weight is 420 g/mol. The van der Waals surface area contributed by atoms with Crippen LogP contribution in [0.1, 0.15) is 42.9 Å². The van der Waals surface area contributed by atoms with Gasteiger partial charge in [0.15, 0.2) is 0 Å². The number of hydrogen-bond donors (Lipinski definition) is 1. The molecule has 0 amide bonds. The van der Waals surface area contributed by atoms with E-state index in [4.69, 9.17) is 4.74 Å². The van der Waals surface area contributed by atoms with E-state index in [1.54, 1.807) is 13.2 Å². The van der Waals surface area contributed by atoms with Gasteiger partial charge in [-0.2, -0.15) is 0 Å². The Labute approximate surface area is 184 Å². The van der Waals surface area contributed by atoms with E-state index in [9.17, 15) is 9.50 Å². The van der Waals surface area contributed by atoms with E-state index in [-0.39, 0.29) is 11.9 Å². The SMILES string of the molecule is COc1ccc(C2C(CCCCc3ccc(F)cc3)CCN2c2ccccc2)c(O)c1. The fraction of sp³-hybridized carbons (Fsp3) is 0.333. The van der Waals surface area contributed by atoms with Crippen LogP contribution in [0.3, 0.4) is 0 Å². The number of para-hydroxylation sites is 1. The van der Waals surface area contributed by atoms with Crippen LogP contribution in [0.4, 0.5) is 10.1 Å². The first-order valence-electron chi connectivity index (χ1n) is 11.1. The van der Waals surface area contributed by atoms with E-state index in [1.165, 1.54) is 23.4 Å². The zero-order valence-corrected chi connectivity index (χ0v) is 18.0. The maximum absolute atomic E-state index is 13.1. The van der Waals surface area contributed by atoms with E-state index in [0.717, 1.165) is 44.2 Å². The Morgan fingerprint density at radius 3 is 2.48 bits per heavy atom. The molecule has 1 saturated heterocycles. The quantitative estimate of drug-likeness (QED) is 0.422. The van der Waals surface area contributed by atoms with E-state index in [0.29, 0.717) is 17.4 Å². The van der Waals surface area contributed by atoms with Gasteiger partial charge in [-0.05, 0) is 73.6 Å². The summed E-state index contributed by atoms with van der Waals surface area (Å²) in [5, 5.41) is 10.8. The van der Waals surface area contributed by atoms with Gasteiger partial charge in [-0.1, -0.05) is 36.8 Å². The number of benzene rings is 3. The van der Waals surface area contributed by atoms with Crippen molar-refractivity contribution in [2.75, 3.05) is 18.6 Å². The number of unbranched alkanes of at least 4 members (excludes halogenated alkanes) is 1. The summed E-state index contributed by atoms with van der Waals surface area (Å²) in [6.07, 6.45) is 5.35. The highest BCUT2D eigenvalue weighted by Crippen LogP contribution is 2.45. The number of rotatable bonds is 8. The Kier molecular flexibility index (Phi) is 6.76. The van der Waals surface area contributed by atoms with Gasteiger partial charge in [-0.15, -0.1) is 0 Å². The summed E-state index contributed by atoms with van der Waals surface area (Å²) in [7, 11) is 1.62. The summed E-state index contributed by atoms with van der Waals surface area (Å²) in [6, 6.07) is 23.1. The number of anilines is 1. The van der Waals surface area contributed by atoms with Crippen LogP contribution in [0.15, 0.2) is 72.8 Å². The van der Waals surface area contributed by atoms with Gasteiger partial charge in [0.05, 0.1) is 13.2 Å². The van der Waals surface area contributed by atoms with Crippen LogP contribution in [-0.4, -0.2) is 18.8 Å². The molecule has 2 unspecified atom stereocenters. The van der Waals surface area contributed by atoms with Crippen molar-refractivity contribution >= 4 is 5.69 Å². The van der Waals surface area contributed by atoms with Gasteiger partial charge in [-0.3, -0.25) is 0 Å². The first kappa shape index (κ1) is 21.2. The number of hydrogen-bond acceptors (Lipinski definition) is 3. The van der Waals surface area contributed by atoms with Crippen molar-refractivity contribution in [3.05, 3.63) is 89.7 Å². The smallest absolute Gasteiger partial charge is 0.124 e. The van der Waals surface area contributed by atoms with Crippen molar-refractivity contribution in [2.45, 2.75) is 38.1 Å². The zero-order chi connectivity index (χ0) is 21.6. The van der Waals surface area contributed by atoms with E-state index in [1.807, 2.05) is 30.3 Å². The third kappa shape index (κ3) is 5.01. The second kappa shape index (κ2) is 9.86. The molecule has 3 aromatic rings. The van der Waals surface area contributed by atoms with E-state index >= 15 is 0 Å². The molecule has 0 aliphatic carbocycles. The molecule has 0 aromatic heterocycles. The lowest BCUT2D eigenvalue weighted by molar-refractivity contribution is 0.393. The first-order valence-corrected chi connectivity index (χ1v) is 11.1. The van der Waals surface area contributed by atoms with Gasteiger partial charge in [0, 0.05) is 23.9 Å². The number of phenolic OH excluding ortho intramolecular Hbond substituents is 1. The van der Waals surface area contributed by atoms with Gasteiger partial charge in [0.25, 0.3) is 0 Å². The van der Waals surface area contributed by atoms with Crippen LogP contribution >= 0.6 is 0 Å². The fourth-order valence-electron chi connectivity index (χ4n) is 4.78. The van der Waals surface area contributed by atoms with Gasteiger partial charge < -0.3 is 14.7 Å². The normalized spacial score (nSPS) is 18.3. The van der Waals surface area contributed by atoms with Crippen molar-refractivity contribution in [1.82, 2.24) is 0 Å². The number of nitrogens with zero attached hydrogens (tertiary/aromatic N) is 1. The summed E-state index contributed by atoms with van der Waals surface area (Å²) in [5.74, 6) is 1.25. The molecule has 4 rings (SSSR count). The monoisotopic (exact) mass is 419 g/mol. The summed E-state index contributed by atoms with van der Waals surface area (Å²) < 4.78 is 18.4. The Hall–Kier alpha value is -3.01. The summed E-state index contributed by atoms with van der Waals surface area (Å²) >= 11 is 0. The number of ether oxygens (including phenoxy) is 1. The largest absolute Gasteiger partial charge is 0.507 e. The van der Waals surface area contributed by atoms with Crippen LogP contribution in [0.25, 0.3) is 0 Å². The Morgan fingerprint density at radius 1 is 1.00 bits per heavy atom. The molecule has 1 fully saturated rings. The van der Waals surface area contributed by atoms with Crippen molar-refractivity contribution in [3.8, 4) is 11.5 Å². The number of aromatic hydroxyl groups is 1. The minimum atomic E-state index is -0.183. The standard InChI is InChI=1S/C27H30FNO2/c1-31-24-15-16-25(26(30)19-24)27-21(17-18-29(27)23-9-3-2-4-10-23)8-6-5-7-20-11-13-22(28)14-12-20/h2-4,9-16,19,21,27,30H,5-8,17-18H2,1H3. The molecule has 0 radical (unpaired) electrons. The lowest BCUT2D eigenvalue weighted by atomic mass is 9.88. The van der Waals surface area contributed by atoms with Crippen LogP contribution in [-0.2, 0) is 6.42 Å². The van der Waals surface area contributed by atoms with Crippen molar-refractivity contribution < 1.29 is 14.2 Å². The zero-order valence-electron chi connectivity index (χ0n) is 18.0. The second-order valence-corrected chi connectivity index (χ2v) is 8.32. The Morgan fingerprint density at radius 2 is 1.77 bits per heavy atom. The molecule has 3 aromatic carbocycles. The van der Waals surface area contributed by atoms with Crippen LogP contribution in [0.5, 0.6) is 11.5 Å². The first-order chi connectivity index (χ1) is 15.2. The molecule has 4 heteroatoms. The average Bonchev–Trinajstić information content (AvgIpc) is 3.22. The lowest BCUT2D eigenvalue weighted by Gasteiger charge is -2.31. The van der Waals surface area contributed by atoms with Gasteiger partial charge >= 0.3 is 0 Å². The molecule has 0 bridgehead atoms. The maximum Gasteiger partial charge on any atom is 0.124 e. The summed E-state index contributed by atoms with van der Waals surface area (Å²) in [5.41, 5.74) is 3.34. The molecule has 1 N–H and O–H groups in total. The molecule has 162 valence electrons. The summed E-state index contributed by atoms with van der Waals surface area (Å²) in [4.78, 5) is 2.42. The van der Waals surface area contributed by atoms with Crippen LogP contribution in [0.2, 0.25) is 0 Å². The Balaban J connectivity index is 1.48. The number of methoxy groups -OCH3 is 1. The predicted octanol–water partition coefficient (Wildman–Crippen LogP) is 6.52. The number of halogens is 1. The third-order valence-corrected chi connectivity index (χ3v) is 6.37. The molecule has 1 aliphatic heterocycles. The third-order valence-electron chi connectivity index (χ3n) is 6.37. The second-order valence-electron chi connectivity index (χ2n) is 8.32. The Bertz CT molecular complexity index is 974. The highest BCUT2D eigenvalue weighted by molar-refractivity contribution is 5.53. The van der Waals surface area contributed by atoms with E-state index < -0.39 is 0 Å². The van der Waals surface area contributed by atoms with Crippen molar-refractivity contribution in [2.24, 2.45) is 5.92 Å². The topological polar surface area (TPSA) is 32.7 Å². The molecule has 2 atom stereocenters. The van der Waals surface area contributed by atoms with Crippen LogP contribution in [0, 0.1) is 11.7 Å². The molecular formula is C27H30FNO2. The number of aryl methyl sites for hydroxylation is 1. The molecular weight excluding hydrogens is 389 g/mol. The molecule has 1 aliphatic rings. The summed E-state index contributed by atoms with van der Waals surface area (Å²) in [6.45, 7) is 0.975. The molecule has 0 spiro atoms. The fourth-order valence-corrected chi connectivity index (χ4v) is 4.78. The maximum atomic E-state index is 13.1. The minimum absolute atomic E-state index is 0.138. The van der Waals surface area contributed by atoms with E-state index in [2.05, 4.69) is 29.2 Å². The van der Waals surface area contributed by atoms with Crippen molar-refractivity contribution in [3.63, 3.8) is 0 Å². The highest BCUT2D eigenvalue weighted by Gasteiger charge is 2.36. The predicted molar refractivity (Wildman–Crippen MR) is 123 cm³/mol. The highest BCUT2D eigenvalue weighted by atomic mass is 19.1. The van der Waals surface area contributed by atoms with Gasteiger partial charge in [-0.25, -0.2) is 4.39 Å². The van der Waals surface area contributed by atoms with Gasteiger partial charge in [0.2, 0.25) is 0 Å². The van der Waals surface area contributed by atoms with Gasteiger partial charge in [0.1, 0.15) is 17.3 Å². The molecule has 31 heavy (non-hydrogen) atoms. The minimum Gasteiger partial charge on any atom is -0.507 e. The molecule has 1 heterocycles. The molecule has 3 nitrogen and oxygen atoms in total.